The van der Waals surface area contributed by atoms with Crippen molar-refractivity contribution in [1.82, 2.24) is 4.90 Å². The first kappa shape index (κ1) is 14.1. The zero-order valence-corrected chi connectivity index (χ0v) is 11.9. The summed E-state index contributed by atoms with van der Waals surface area (Å²) in [5, 5.41) is 10.8. The number of likely N-dealkylation sites (N-methyl/N-ethyl adjacent to an activating group) is 1. The molecule has 1 aromatic heterocycles. The van der Waals surface area contributed by atoms with Crippen LogP contribution in [0.3, 0.4) is 0 Å². The Kier molecular flexibility index (Phi) is 4.64. The number of hydrogen-bond donors (Lipinski definition) is 1. The first-order valence-electron chi connectivity index (χ1n) is 6.22. The number of halogens is 1. The summed E-state index contributed by atoms with van der Waals surface area (Å²) in [6.45, 7) is 3.20. The van der Waals surface area contributed by atoms with Crippen molar-refractivity contribution in [2.45, 2.75) is 19.6 Å². The average molecular weight is 280 g/mol. The summed E-state index contributed by atoms with van der Waals surface area (Å²) in [6, 6.07) is 9.33. The summed E-state index contributed by atoms with van der Waals surface area (Å²) in [5.74, 6) is 0.916. The van der Waals surface area contributed by atoms with Crippen molar-refractivity contribution in [3.63, 3.8) is 0 Å². The summed E-state index contributed by atoms with van der Waals surface area (Å²) < 4.78 is 5.26. The van der Waals surface area contributed by atoms with Gasteiger partial charge in [0.05, 0.1) is 12.4 Å². The molecule has 2 rings (SSSR count). The Morgan fingerprint density at radius 2 is 2.05 bits per heavy atom. The molecule has 0 aliphatic rings. The van der Waals surface area contributed by atoms with Gasteiger partial charge in [0.15, 0.2) is 0 Å². The predicted octanol–water partition coefficient (Wildman–Crippen LogP) is 3.41. The summed E-state index contributed by atoms with van der Waals surface area (Å²) in [4.78, 5) is 2.05. The molecular formula is C15H18ClNO2. The van der Waals surface area contributed by atoms with Crippen molar-refractivity contribution in [1.29, 1.82) is 0 Å². The van der Waals surface area contributed by atoms with E-state index in [0.29, 0.717) is 11.6 Å². The number of furan rings is 1. The van der Waals surface area contributed by atoms with E-state index in [2.05, 4.69) is 0 Å². The number of aryl methyl sites for hydroxylation is 1. The van der Waals surface area contributed by atoms with Crippen LogP contribution in [0.1, 0.15) is 23.0 Å². The lowest BCUT2D eigenvalue weighted by Gasteiger charge is -2.21. The first-order valence-corrected chi connectivity index (χ1v) is 6.59. The van der Waals surface area contributed by atoms with Gasteiger partial charge < -0.3 is 9.52 Å². The quantitative estimate of drug-likeness (QED) is 0.911. The second-order valence-electron chi connectivity index (χ2n) is 4.74. The summed E-state index contributed by atoms with van der Waals surface area (Å²) >= 11 is 6.08. The van der Waals surface area contributed by atoms with Crippen molar-refractivity contribution >= 4 is 11.6 Å². The molecule has 1 unspecified atom stereocenters. The molecule has 1 aromatic carbocycles. The molecule has 3 nitrogen and oxygen atoms in total. The van der Waals surface area contributed by atoms with Crippen LogP contribution in [-0.2, 0) is 6.54 Å². The van der Waals surface area contributed by atoms with Crippen LogP contribution in [0.4, 0.5) is 0 Å². The minimum absolute atomic E-state index is 0.522. The van der Waals surface area contributed by atoms with Crippen LogP contribution in [-0.4, -0.2) is 23.6 Å². The predicted molar refractivity (Wildman–Crippen MR) is 76.2 cm³/mol. The second-order valence-corrected chi connectivity index (χ2v) is 5.14. The Labute approximate surface area is 118 Å². The molecule has 102 valence electrons. The van der Waals surface area contributed by atoms with Crippen molar-refractivity contribution in [3.05, 3.63) is 58.5 Å². The van der Waals surface area contributed by atoms with Crippen LogP contribution >= 0.6 is 11.6 Å². The highest BCUT2D eigenvalue weighted by atomic mass is 35.5. The SMILES string of the molecule is Cc1occc1CN(C)CC(O)c1ccccc1Cl. The highest BCUT2D eigenvalue weighted by Gasteiger charge is 2.14. The molecule has 19 heavy (non-hydrogen) atoms. The largest absolute Gasteiger partial charge is 0.469 e. The van der Waals surface area contributed by atoms with E-state index >= 15 is 0 Å². The third kappa shape index (κ3) is 3.60. The van der Waals surface area contributed by atoms with Gasteiger partial charge in [0.2, 0.25) is 0 Å². The minimum atomic E-state index is -0.592. The lowest BCUT2D eigenvalue weighted by molar-refractivity contribution is 0.123. The molecule has 0 saturated heterocycles. The molecule has 0 spiro atoms. The Bertz CT molecular complexity index is 538. The van der Waals surface area contributed by atoms with Crippen LogP contribution in [0.5, 0.6) is 0 Å². The molecule has 1 atom stereocenters. The molecule has 0 amide bonds. The third-order valence-corrected chi connectivity index (χ3v) is 3.50. The van der Waals surface area contributed by atoms with Crippen LogP contribution in [0.25, 0.3) is 0 Å². The Morgan fingerprint density at radius 3 is 2.68 bits per heavy atom. The van der Waals surface area contributed by atoms with Gasteiger partial charge in [0.1, 0.15) is 5.76 Å². The Hall–Kier alpha value is -1.29. The van der Waals surface area contributed by atoms with Crippen molar-refractivity contribution < 1.29 is 9.52 Å². The molecule has 2 aromatic rings. The standard InChI is InChI=1S/C15H18ClNO2/c1-11-12(7-8-19-11)9-17(2)10-15(18)13-5-3-4-6-14(13)16/h3-8,15,18H,9-10H2,1-2H3. The normalized spacial score (nSPS) is 12.9. The molecule has 4 heteroatoms. The zero-order chi connectivity index (χ0) is 13.8. The lowest BCUT2D eigenvalue weighted by Crippen LogP contribution is -2.24. The van der Waals surface area contributed by atoms with Gasteiger partial charge in [-0.1, -0.05) is 29.8 Å². The lowest BCUT2D eigenvalue weighted by atomic mass is 10.1. The maximum absolute atomic E-state index is 10.2. The van der Waals surface area contributed by atoms with E-state index in [1.54, 1.807) is 12.3 Å². The summed E-state index contributed by atoms with van der Waals surface area (Å²) in [5.41, 5.74) is 1.90. The van der Waals surface area contributed by atoms with E-state index in [9.17, 15) is 5.11 Å². The molecule has 0 aliphatic heterocycles. The number of rotatable bonds is 5. The van der Waals surface area contributed by atoms with Crippen molar-refractivity contribution in [3.8, 4) is 0 Å². The van der Waals surface area contributed by atoms with E-state index in [-0.39, 0.29) is 0 Å². The van der Waals surface area contributed by atoms with Crippen LogP contribution in [0.15, 0.2) is 41.0 Å². The Morgan fingerprint density at radius 1 is 1.32 bits per heavy atom. The highest BCUT2D eigenvalue weighted by molar-refractivity contribution is 6.31. The van der Waals surface area contributed by atoms with Crippen LogP contribution in [0.2, 0.25) is 5.02 Å². The van der Waals surface area contributed by atoms with E-state index in [1.807, 2.05) is 43.1 Å². The van der Waals surface area contributed by atoms with Gasteiger partial charge in [-0.3, -0.25) is 4.90 Å². The van der Waals surface area contributed by atoms with Gasteiger partial charge in [0.25, 0.3) is 0 Å². The van der Waals surface area contributed by atoms with E-state index in [4.69, 9.17) is 16.0 Å². The van der Waals surface area contributed by atoms with Gasteiger partial charge in [-0.05, 0) is 26.1 Å². The van der Waals surface area contributed by atoms with Crippen molar-refractivity contribution in [2.24, 2.45) is 0 Å². The minimum Gasteiger partial charge on any atom is -0.469 e. The van der Waals surface area contributed by atoms with E-state index in [1.165, 1.54) is 0 Å². The van der Waals surface area contributed by atoms with E-state index in [0.717, 1.165) is 23.4 Å². The number of aliphatic hydroxyl groups excluding tert-OH is 1. The highest BCUT2D eigenvalue weighted by Crippen LogP contribution is 2.23. The fourth-order valence-corrected chi connectivity index (χ4v) is 2.33. The topological polar surface area (TPSA) is 36.6 Å². The summed E-state index contributed by atoms with van der Waals surface area (Å²) in [7, 11) is 1.96. The average Bonchev–Trinajstić information content (AvgIpc) is 2.75. The van der Waals surface area contributed by atoms with Gasteiger partial charge in [-0.25, -0.2) is 0 Å². The molecular weight excluding hydrogens is 262 g/mol. The monoisotopic (exact) mass is 279 g/mol. The third-order valence-electron chi connectivity index (χ3n) is 3.16. The molecule has 0 aliphatic carbocycles. The maximum Gasteiger partial charge on any atom is 0.105 e. The first-order chi connectivity index (χ1) is 9.08. The summed E-state index contributed by atoms with van der Waals surface area (Å²) in [6.07, 6.45) is 1.09. The van der Waals surface area contributed by atoms with Crippen LogP contribution < -0.4 is 0 Å². The Balaban J connectivity index is 1.97. The van der Waals surface area contributed by atoms with Gasteiger partial charge in [-0.15, -0.1) is 0 Å². The number of benzene rings is 1. The maximum atomic E-state index is 10.2. The molecule has 1 N–H and O–H groups in total. The molecule has 1 heterocycles. The van der Waals surface area contributed by atoms with Gasteiger partial charge in [0, 0.05) is 29.2 Å². The zero-order valence-electron chi connectivity index (χ0n) is 11.1. The molecule has 0 fully saturated rings. The fourth-order valence-electron chi connectivity index (χ4n) is 2.07. The van der Waals surface area contributed by atoms with Gasteiger partial charge >= 0.3 is 0 Å². The number of nitrogens with zero attached hydrogens (tertiary/aromatic N) is 1. The van der Waals surface area contributed by atoms with Crippen molar-refractivity contribution in [2.75, 3.05) is 13.6 Å². The van der Waals surface area contributed by atoms with Crippen LogP contribution in [0, 0.1) is 6.92 Å². The second kappa shape index (κ2) is 6.24. The van der Waals surface area contributed by atoms with Gasteiger partial charge in [-0.2, -0.15) is 0 Å². The molecule has 0 radical (unpaired) electrons. The number of aliphatic hydroxyl groups is 1. The number of hydrogen-bond acceptors (Lipinski definition) is 3. The smallest absolute Gasteiger partial charge is 0.105 e. The van der Waals surface area contributed by atoms with E-state index < -0.39 is 6.10 Å². The molecule has 0 saturated carbocycles. The fraction of sp³-hybridized carbons (Fsp3) is 0.333. The molecule has 0 bridgehead atoms.